The molecule has 0 amide bonds. The van der Waals surface area contributed by atoms with Gasteiger partial charge in [0.25, 0.3) is 0 Å². The molecule has 0 bridgehead atoms. The molecule has 2 aromatic rings. The van der Waals surface area contributed by atoms with Crippen LogP contribution >= 0.6 is 0 Å². The van der Waals surface area contributed by atoms with Gasteiger partial charge in [-0.1, -0.05) is 50.2 Å². The van der Waals surface area contributed by atoms with Crippen LogP contribution in [0, 0.1) is 11.2 Å². The molecule has 0 aliphatic heterocycles. The van der Waals surface area contributed by atoms with Crippen LogP contribution in [0.3, 0.4) is 0 Å². The molecule has 0 heterocycles. The number of fused-ring (bicyclic) bond motifs is 1. The van der Waals surface area contributed by atoms with Gasteiger partial charge in [-0.05, 0) is 40.7 Å². The second kappa shape index (κ2) is 5.02. The van der Waals surface area contributed by atoms with Crippen molar-refractivity contribution in [1.29, 1.82) is 0 Å². The van der Waals surface area contributed by atoms with E-state index < -0.39 is 0 Å². The predicted molar refractivity (Wildman–Crippen MR) is 79.9 cm³/mol. The molecule has 1 N–H and O–H groups in total. The fraction of sp³-hybridized carbons (Fsp3) is 0.333. The van der Waals surface area contributed by atoms with Gasteiger partial charge in [-0.3, -0.25) is 0 Å². The van der Waals surface area contributed by atoms with Crippen molar-refractivity contribution in [2.75, 3.05) is 0 Å². The average Bonchev–Trinajstić information content (AvgIpc) is 2.66. The Kier molecular flexibility index (Phi) is 3.35. The van der Waals surface area contributed by atoms with Crippen LogP contribution in [0.1, 0.15) is 36.6 Å². The van der Waals surface area contributed by atoms with E-state index in [1.54, 1.807) is 12.1 Å². The Balaban J connectivity index is 1.80. The zero-order chi connectivity index (χ0) is 14.2. The Morgan fingerprint density at radius 3 is 2.75 bits per heavy atom. The van der Waals surface area contributed by atoms with E-state index in [4.69, 9.17) is 0 Å². The number of benzene rings is 2. The summed E-state index contributed by atoms with van der Waals surface area (Å²) in [5, 5.41) is 3.60. The molecule has 3 rings (SSSR count). The molecule has 0 fully saturated rings. The van der Waals surface area contributed by atoms with Crippen molar-refractivity contribution in [3.63, 3.8) is 0 Å². The van der Waals surface area contributed by atoms with Gasteiger partial charge >= 0.3 is 0 Å². The van der Waals surface area contributed by atoms with Crippen molar-refractivity contribution in [3.05, 3.63) is 71.0 Å². The highest BCUT2D eigenvalue weighted by atomic mass is 19.1. The highest BCUT2D eigenvalue weighted by Crippen LogP contribution is 2.45. The molecule has 1 unspecified atom stereocenters. The molecule has 1 aliphatic rings. The lowest BCUT2D eigenvalue weighted by atomic mass is 9.85. The molecule has 1 nitrogen and oxygen atoms in total. The number of nitrogens with one attached hydrogen (secondary N) is 1. The Hall–Kier alpha value is -1.67. The molecule has 0 saturated carbocycles. The van der Waals surface area contributed by atoms with E-state index in [1.165, 1.54) is 17.2 Å². The number of rotatable bonds is 3. The first-order valence-electron chi connectivity index (χ1n) is 7.12. The summed E-state index contributed by atoms with van der Waals surface area (Å²) in [6.45, 7) is 5.27. The lowest BCUT2D eigenvalue weighted by molar-refractivity contribution is 0.268. The van der Waals surface area contributed by atoms with E-state index in [2.05, 4.69) is 43.4 Å². The predicted octanol–water partition coefficient (Wildman–Crippen LogP) is 4.24. The van der Waals surface area contributed by atoms with Crippen LogP contribution in [-0.4, -0.2) is 0 Å². The van der Waals surface area contributed by atoms with E-state index in [9.17, 15) is 4.39 Å². The average molecular weight is 269 g/mol. The molecular formula is C18H20FN. The Morgan fingerprint density at radius 2 is 1.95 bits per heavy atom. The van der Waals surface area contributed by atoms with Crippen molar-refractivity contribution in [3.8, 4) is 0 Å². The van der Waals surface area contributed by atoms with Crippen LogP contribution in [0.2, 0.25) is 0 Å². The second-order valence-electron chi connectivity index (χ2n) is 6.31. The first-order valence-corrected chi connectivity index (χ1v) is 7.12. The maximum absolute atomic E-state index is 13.2. The topological polar surface area (TPSA) is 12.0 Å². The fourth-order valence-corrected chi connectivity index (χ4v) is 3.24. The summed E-state index contributed by atoms with van der Waals surface area (Å²) < 4.78 is 13.2. The van der Waals surface area contributed by atoms with E-state index >= 15 is 0 Å². The molecule has 0 spiro atoms. The molecule has 0 radical (unpaired) electrons. The van der Waals surface area contributed by atoms with Gasteiger partial charge in [0.2, 0.25) is 0 Å². The Bertz CT molecular complexity index is 618. The van der Waals surface area contributed by atoms with Crippen molar-refractivity contribution < 1.29 is 4.39 Å². The number of halogens is 1. The summed E-state index contributed by atoms with van der Waals surface area (Å²) in [6.07, 6.45) is 1.09. The highest BCUT2D eigenvalue weighted by molar-refractivity contribution is 5.37. The molecule has 2 heteroatoms. The molecule has 0 saturated heterocycles. The van der Waals surface area contributed by atoms with Gasteiger partial charge in [0, 0.05) is 12.6 Å². The number of hydrogen-bond acceptors (Lipinski definition) is 1. The summed E-state index contributed by atoms with van der Waals surface area (Å²) in [4.78, 5) is 0. The van der Waals surface area contributed by atoms with Crippen molar-refractivity contribution in [2.24, 2.45) is 5.41 Å². The van der Waals surface area contributed by atoms with Crippen molar-refractivity contribution in [1.82, 2.24) is 5.32 Å². The lowest BCUT2D eigenvalue weighted by Crippen LogP contribution is -2.30. The van der Waals surface area contributed by atoms with E-state index in [0.29, 0.717) is 12.6 Å². The minimum atomic E-state index is -0.171. The maximum Gasteiger partial charge on any atom is 0.123 e. The minimum absolute atomic E-state index is 0.171. The summed E-state index contributed by atoms with van der Waals surface area (Å²) >= 11 is 0. The molecule has 1 aliphatic carbocycles. The van der Waals surface area contributed by atoms with Crippen LogP contribution in [0.4, 0.5) is 4.39 Å². The summed E-state index contributed by atoms with van der Waals surface area (Å²) in [5.41, 5.74) is 3.99. The van der Waals surface area contributed by atoms with Crippen LogP contribution in [0.15, 0.2) is 48.5 Å². The monoisotopic (exact) mass is 269 g/mol. The van der Waals surface area contributed by atoms with Crippen molar-refractivity contribution >= 4 is 0 Å². The van der Waals surface area contributed by atoms with Crippen LogP contribution < -0.4 is 5.32 Å². The molecule has 2 aromatic carbocycles. The first-order chi connectivity index (χ1) is 9.56. The second-order valence-corrected chi connectivity index (χ2v) is 6.31. The zero-order valence-corrected chi connectivity index (χ0v) is 12.0. The van der Waals surface area contributed by atoms with Gasteiger partial charge in [-0.25, -0.2) is 4.39 Å². The van der Waals surface area contributed by atoms with Gasteiger partial charge in [-0.2, -0.15) is 0 Å². The van der Waals surface area contributed by atoms with Crippen molar-refractivity contribution in [2.45, 2.75) is 32.9 Å². The molecule has 20 heavy (non-hydrogen) atoms. The molecule has 104 valence electrons. The van der Waals surface area contributed by atoms with E-state index in [0.717, 1.165) is 12.0 Å². The van der Waals surface area contributed by atoms with Gasteiger partial charge in [0.1, 0.15) is 5.82 Å². The standard InChI is InChI=1S/C18H20FN/c1-18(2)11-14-7-3-4-9-16(14)17(18)20-12-13-6-5-8-15(19)10-13/h3-10,17,20H,11-12H2,1-2H3. The summed E-state index contributed by atoms with van der Waals surface area (Å²) in [6, 6.07) is 15.7. The van der Waals surface area contributed by atoms with Crippen LogP contribution in [0.5, 0.6) is 0 Å². The number of hydrogen-bond donors (Lipinski definition) is 1. The Labute approximate surface area is 119 Å². The van der Waals surface area contributed by atoms with Gasteiger partial charge in [-0.15, -0.1) is 0 Å². The summed E-state index contributed by atoms with van der Waals surface area (Å²) in [7, 11) is 0. The molecule has 1 atom stereocenters. The third-order valence-corrected chi connectivity index (χ3v) is 4.19. The van der Waals surface area contributed by atoms with Gasteiger partial charge < -0.3 is 5.32 Å². The normalized spacial score (nSPS) is 19.9. The minimum Gasteiger partial charge on any atom is -0.305 e. The molecule has 0 aromatic heterocycles. The quantitative estimate of drug-likeness (QED) is 0.879. The fourth-order valence-electron chi connectivity index (χ4n) is 3.24. The first kappa shape index (κ1) is 13.3. The SMILES string of the molecule is CC1(C)Cc2ccccc2C1NCc1cccc(F)c1. The smallest absolute Gasteiger partial charge is 0.123 e. The summed E-state index contributed by atoms with van der Waals surface area (Å²) in [5.74, 6) is -0.171. The van der Waals surface area contributed by atoms with Gasteiger partial charge in [0.05, 0.1) is 0 Å². The van der Waals surface area contributed by atoms with Crippen LogP contribution in [-0.2, 0) is 13.0 Å². The van der Waals surface area contributed by atoms with Gasteiger partial charge in [0.15, 0.2) is 0 Å². The Morgan fingerprint density at radius 1 is 1.15 bits per heavy atom. The molecular weight excluding hydrogens is 249 g/mol. The van der Waals surface area contributed by atoms with E-state index in [1.807, 2.05) is 6.07 Å². The lowest BCUT2D eigenvalue weighted by Gasteiger charge is -2.28. The largest absolute Gasteiger partial charge is 0.305 e. The van der Waals surface area contributed by atoms with E-state index in [-0.39, 0.29) is 11.2 Å². The highest BCUT2D eigenvalue weighted by Gasteiger charge is 2.38. The zero-order valence-electron chi connectivity index (χ0n) is 12.0. The van der Waals surface area contributed by atoms with Crippen LogP contribution in [0.25, 0.3) is 0 Å². The third-order valence-electron chi connectivity index (χ3n) is 4.19. The maximum atomic E-state index is 13.2. The third kappa shape index (κ3) is 2.48.